The molecule has 7 heteroatoms. The molecule has 3 N–H and O–H groups in total. The van der Waals surface area contributed by atoms with Crippen LogP contribution in [0.15, 0.2) is 23.2 Å². The van der Waals surface area contributed by atoms with Crippen LogP contribution in [0.2, 0.25) is 0 Å². The number of nitrogens with two attached hydrogens (primary N) is 1. The Morgan fingerprint density at radius 2 is 1.96 bits per heavy atom. The molecule has 1 aromatic rings. The number of anilines is 1. The Kier molecular flexibility index (Phi) is 6.21. The molecule has 2 saturated heterocycles. The molecule has 0 radical (unpaired) electrons. The summed E-state index contributed by atoms with van der Waals surface area (Å²) >= 11 is 0. The Bertz CT molecular complexity index is 623. The van der Waals surface area contributed by atoms with E-state index in [1.807, 2.05) is 18.2 Å². The molecule has 1 aromatic carbocycles. The number of guanidine groups is 1. The molecule has 0 aromatic heterocycles. The molecule has 0 spiro atoms. The van der Waals surface area contributed by atoms with Crippen LogP contribution in [-0.4, -0.2) is 63.5 Å². The maximum atomic E-state index is 6.19. The van der Waals surface area contributed by atoms with Crippen molar-refractivity contribution in [1.29, 1.82) is 0 Å². The van der Waals surface area contributed by atoms with Crippen LogP contribution >= 0.6 is 0 Å². The summed E-state index contributed by atoms with van der Waals surface area (Å²) in [7, 11) is 3.26. The predicted octanol–water partition coefficient (Wildman–Crippen LogP) is 2.08. The first-order chi connectivity index (χ1) is 12.7. The molecule has 7 nitrogen and oxygen atoms in total. The van der Waals surface area contributed by atoms with Crippen LogP contribution in [0.4, 0.5) is 5.69 Å². The van der Waals surface area contributed by atoms with Gasteiger partial charge in [-0.3, -0.25) is 9.89 Å². The fraction of sp³-hybridized carbons (Fsp3) is 0.632. The summed E-state index contributed by atoms with van der Waals surface area (Å²) in [5.41, 5.74) is 7.00. The van der Waals surface area contributed by atoms with Gasteiger partial charge in [-0.2, -0.15) is 0 Å². The number of likely N-dealkylation sites (tertiary alicyclic amines) is 1. The molecule has 2 heterocycles. The second kappa shape index (κ2) is 8.60. The number of methoxy groups -OCH3 is 2. The van der Waals surface area contributed by atoms with Gasteiger partial charge in [-0.15, -0.1) is 0 Å². The van der Waals surface area contributed by atoms with Gasteiger partial charge in [0.05, 0.1) is 26.5 Å². The van der Waals surface area contributed by atoms with Crippen LogP contribution < -0.4 is 20.5 Å². The zero-order valence-corrected chi connectivity index (χ0v) is 15.8. The van der Waals surface area contributed by atoms with E-state index in [9.17, 15) is 0 Å². The van der Waals surface area contributed by atoms with Gasteiger partial charge in [-0.25, -0.2) is 0 Å². The topological polar surface area (TPSA) is 81.3 Å². The normalized spacial score (nSPS) is 20.8. The van der Waals surface area contributed by atoms with Gasteiger partial charge in [0.25, 0.3) is 0 Å². The van der Waals surface area contributed by atoms with Crippen molar-refractivity contribution in [2.75, 3.05) is 52.4 Å². The van der Waals surface area contributed by atoms with E-state index in [-0.39, 0.29) is 5.54 Å². The van der Waals surface area contributed by atoms with Crippen LogP contribution in [0, 0.1) is 0 Å². The van der Waals surface area contributed by atoms with Gasteiger partial charge >= 0.3 is 0 Å². The first-order valence-electron chi connectivity index (χ1n) is 9.29. The average Bonchev–Trinajstić information content (AvgIpc) is 3.22. The molecule has 2 aliphatic rings. The molecule has 2 aliphatic heterocycles. The molecule has 3 rings (SSSR count). The molecule has 0 unspecified atom stereocenters. The molecule has 0 amide bonds. The van der Waals surface area contributed by atoms with Crippen molar-refractivity contribution in [3.63, 3.8) is 0 Å². The highest BCUT2D eigenvalue weighted by Gasteiger charge is 2.39. The van der Waals surface area contributed by atoms with Crippen molar-refractivity contribution in [2.45, 2.75) is 31.2 Å². The summed E-state index contributed by atoms with van der Waals surface area (Å²) in [5.74, 6) is 1.82. The maximum absolute atomic E-state index is 6.19. The number of nitrogens with one attached hydrogen (secondary N) is 1. The first kappa shape index (κ1) is 18.8. The van der Waals surface area contributed by atoms with Crippen LogP contribution in [0.25, 0.3) is 0 Å². The lowest BCUT2D eigenvalue weighted by atomic mass is 9.88. The minimum atomic E-state index is 0.0690. The van der Waals surface area contributed by atoms with Gasteiger partial charge in [0, 0.05) is 24.8 Å². The van der Waals surface area contributed by atoms with Gasteiger partial charge in [0.1, 0.15) is 11.5 Å². The van der Waals surface area contributed by atoms with E-state index in [2.05, 4.69) is 15.2 Å². The monoisotopic (exact) mass is 362 g/mol. The quantitative estimate of drug-likeness (QED) is 0.596. The number of rotatable bonds is 6. The third-order valence-corrected chi connectivity index (χ3v) is 5.41. The Labute approximate surface area is 155 Å². The van der Waals surface area contributed by atoms with Crippen molar-refractivity contribution in [3.8, 4) is 11.5 Å². The Balaban J connectivity index is 1.72. The predicted molar refractivity (Wildman–Crippen MR) is 103 cm³/mol. The van der Waals surface area contributed by atoms with Crippen molar-refractivity contribution in [1.82, 2.24) is 4.90 Å². The van der Waals surface area contributed by atoms with Crippen LogP contribution in [0.3, 0.4) is 0 Å². The maximum Gasteiger partial charge on any atom is 0.193 e. The Morgan fingerprint density at radius 1 is 1.23 bits per heavy atom. The van der Waals surface area contributed by atoms with E-state index >= 15 is 0 Å². The minimum absolute atomic E-state index is 0.0690. The van der Waals surface area contributed by atoms with E-state index in [4.69, 9.17) is 19.9 Å². The largest absolute Gasteiger partial charge is 0.497 e. The number of hydrogen-bond acceptors (Lipinski definition) is 5. The highest BCUT2D eigenvalue weighted by molar-refractivity contribution is 5.94. The van der Waals surface area contributed by atoms with E-state index in [1.54, 1.807) is 14.2 Å². The van der Waals surface area contributed by atoms with Crippen LogP contribution in [0.1, 0.15) is 25.7 Å². The average molecular weight is 362 g/mol. The lowest BCUT2D eigenvalue weighted by Crippen LogP contribution is -2.53. The number of aliphatic imine (C=N–C) groups is 1. The smallest absolute Gasteiger partial charge is 0.193 e. The van der Waals surface area contributed by atoms with Crippen LogP contribution in [0.5, 0.6) is 11.5 Å². The fourth-order valence-corrected chi connectivity index (χ4v) is 3.84. The number of benzene rings is 1. The van der Waals surface area contributed by atoms with Gasteiger partial charge in [-0.1, -0.05) is 0 Å². The van der Waals surface area contributed by atoms with Gasteiger partial charge in [0.15, 0.2) is 5.96 Å². The Morgan fingerprint density at radius 3 is 2.62 bits per heavy atom. The summed E-state index contributed by atoms with van der Waals surface area (Å²) in [6.45, 7) is 4.56. The zero-order chi connectivity index (χ0) is 18.4. The first-order valence-corrected chi connectivity index (χ1v) is 9.29. The SMILES string of the molecule is COc1ccc(OC)c(NC(N)=NCC2(N3CCCC3)CCOCC2)c1. The van der Waals surface area contributed by atoms with Crippen molar-refractivity contribution >= 4 is 11.6 Å². The summed E-state index contributed by atoms with van der Waals surface area (Å²) in [6, 6.07) is 5.55. The van der Waals surface area contributed by atoms with Crippen LogP contribution in [-0.2, 0) is 4.74 Å². The zero-order valence-electron chi connectivity index (χ0n) is 15.8. The number of nitrogens with zero attached hydrogens (tertiary/aromatic N) is 2. The summed E-state index contributed by atoms with van der Waals surface area (Å²) < 4.78 is 16.3. The molecule has 26 heavy (non-hydrogen) atoms. The summed E-state index contributed by atoms with van der Waals surface area (Å²) in [6.07, 6.45) is 4.54. The molecule has 0 bridgehead atoms. The van der Waals surface area contributed by atoms with E-state index in [0.717, 1.165) is 50.6 Å². The van der Waals surface area contributed by atoms with Crippen molar-refractivity contribution in [3.05, 3.63) is 18.2 Å². The summed E-state index contributed by atoms with van der Waals surface area (Å²) in [4.78, 5) is 7.26. The third-order valence-electron chi connectivity index (χ3n) is 5.41. The van der Waals surface area contributed by atoms with Crippen molar-refractivity contribution in [2.24, 2.45) is 10.7 Å². The van der Waals surface area contributed by atoms with Gasteiger partial charge < -0.3 is 25.3 Å². The number of ether oxygens (including phenoxy) is 3. The molecule has 0 saturated carbocycles. The molecule has 0 atom stereocenters. The third kappa shape index (κ3) is 4.22. The Hall–Kier alpha value is -1.99. The van der Waals surface area contributed by atoms with E-state index in [1.165, 1.54) is 12.8 Å². The molecule has 0 aliphatic carbocycles. The van der Waals surface area contributed by atoms with E-state index in [0.29, 0.717) is 18.3 Å². The second-order valence-electron chi connectivity index (χ2n) is 6.92. The number of hydrogen-bond donors (Lipinski definition) is 2. The summed E-state index contributed by atoms with van der Waals surface area (Å²) in [5, 5.41) is 3.16. The molecule has 2 fully saturated rings. The highest BCUT2D eigenvalue weighted by Crippen LogP contribution is 2.32. The van der Waals surface area contributed by atoms with Crippen molar-refractivity contribution < 1.29 is 14.2 Å². The van der Waals surface area contributed by atoms with Gasteiger partial charge in [0.2, 0.25) is 0 Å². The lowest BCUT2D eigenvalue weighted by Gasteiger charge is -2.43. The van der Waals surface area contributed by atoms with E-state index < -0.39 is 0 Å². The fourth-order valence-electron chi connectivity index (χ4n) is 3.84. The van der Waals surface area contributed by atoms with Gasteiger partial charge in [-0.05, 0) is 50.9 Å². The molecule has 144 valence electrons. The molecular formula is C19H30N4O3. The molecular weight excluding hydrogens is 332 g/mol. The second-order valence-corrected chi connectivity index (χ2v) is 6.92. The standard InChI is InChI=1S/C19H30N4O3/c1-24-15-5-6-17(25-2)16(13-15)22-18(20)21-14-19(7-11-26-12-8-19)23-9-3-4-10-23/h5-6,13H,3-4,7-12,14H2,1-2H3,(H3,20,21,22). The minimum Gasteiger partial charge on any atom is -0.497 e. The lowest BCUT2D eigenvalue weighted by molar-refractivity contribution is -0.0138. The highest BCUT2D eigenvalue weighted by atomic mass is 16.5.